The Morgan fingerprint density at radius 1 is 1.33 bits per heavy atom. The fraction of sp³-hybridized carbons (Fsp3) is 0.846. The lowest BCUT2D eigenvalue weighted by atomic mass is 9.86. The third kappa shape index (κ3) is 4.80. The molecule has 0 aliphatic heterocycles. The summed E-state index contributed by atoms with van der Waals surface area (Å²) in [7, 11) is 0. The van der Waals surface area contributed by atoms with Gasteiger partial charge in [0.15, 0.2) is 0 Å². The zero-order valence-electron chi connectivity index (χ0n) is 10.1. The topological polar surface area (TPSA) is 29.3 Å². The Kier molecular flexibility index (Phi) is 5.96. The molecule has 0 radical (unpaired) electrons. The van der Waals surface area contributed by atoms with Crippen LogP contribution in [0.25, 0.3) is 0 Å². The van der Waals surface area contributed by atoms with Crippen molar-refractivity contribution in [3.05, 3.63) is 12.7 Å². The van der Waals surface area contributed by atoms with Crippen molar-refractivity contribution >= 4 is 0 Å². The quantitative estimate of drug-likeness (QED) is 0.682. The molecule has 0 aromatic heterocycles. The minimum atomic E-state index is 0.472. The van der Waals surface area contributed by atoms with Gasteiger partial charge in [0.1, 0.15) is 0 Å². The normalized spacial score (nSPS) is 26.9. The predicted octanol–water partition coefficient (Wildman–Crippen LogP) is 2.40. The highest BCUT2D eigenvalue weighted by atomic mass is 15.1. The van der Waals surface area contributed by atoms with Gasteiger partial charge in [-0.1, -0.05) is 13.0 Å². The second-order valence-corrected chi connectivity index (χ2v) is 4.83. The van der Waals surface area contributed by atoms with Crippen LogP contribution in [0.4, 0.5) is 0 Å². The van der Waals surface area contributed by atoms with Crippen LogP contribution in [0.15, 0.2) is 12.7 Å². The maximum absolute atomic E-state index is 5.92. The Hall–Kier alpha value is -0.340. The average Bonchev–Trinajstić information content (AvgIpc) is 2.22. The first kappa shape index (κ1) is 12.7. The highest BCUT2D eigenvalue weighted by molar-refractivity contribution is 4.79. The molecule has 0 atom stereocenters. The molecule has 1 rings (SSSR count). The summed E-state index contributed by atoms with van der Waals surface area (Å²) in [6, 6.07) is 0.472. The van der Waals surface area contributed by atoms with E-state index in [0.29, 0.717) is 6.04 Å². The second kappa shape index (κ2) is 7.02. The Morgan fingerprint density at radius 3 is 2.53 bits per heavy atom. The molecule has 2 heteroatoms. The molecule has 1 saturated carbocycles. The molecule has 88 valence electrons. The van der Waals surface area contributed by atoms with Gasteiger partial charge in [-0.3, -0.25) is 4.90 Å². The van der Waals surface area contributed by atoms with Crippen LogP contribution < -0.4 is 5.73 Å². The molecule has 15 heavy (non-hydrogen) atoms. The van der Waals surface area contributed by atoms with Gasteiger partial charge in [-0.15, -0.1) is 6.58 Å². The molecule has 0 bridgehead atoms. The summed E-state index contributed by atoms with van der Waals surface area (Å²) < 4.78 is 0. The standard InChI is InChI=1S/C13H26N2/c1-3-9-15(10-4-2)11-12-5-7-13(14)8-6-12/h3,12-13H,1,4-11,14H2,2H3. The first-order valence-electron chi connectivity index (χ1n) is 6.35. The van der Waals surface area contributed by atoms with E-state index >= 15 is 0 Å². The van der Waals surface area contributed by atoms with Crippen molar-refractivity contribution in [2.24, 2.45) is 11.7 Å². The number of rotatable bonds is 6. The third-order valence-corrected chi connectivity index (χ3v) is 3.33. The predicted molar refractivity (Wildman–Crippen MR) is 66.9 cm³/mol. The zero-order valence-corrected chi connectivity index (χ0v) is 10.1. The van der Waals surface area contributed by atoms with Gasteiger partial charge in [0.25, 0.3) is 0 Å². The molecule has 0 saturated heterocycles. The van der Waals surface area contributed by atoms with Gasteiger partial charge in [0, 0.05) is 19.1 Å². The highest BCUT2D eigenvalue weighted by Crippen LogP contribution is 2.23. The van der Waals surface area contributed by atoms with E-state index in [1.807, 2.05) is 6.08 Å². The van der Waals surface area contributed by atoms with Gasteiger partial charge in [-0.25, -0.2) is 0 Å². The van der Waals surface area contributed by atoms with Crippen molar-refractivity contribution in [3.8, 4) is 0 Å². The van der Waals surface area contributed by atoms with Crippen molar-refractivity contribution in [1.82, 2.24) is 4.90 Å². The van der Waals surface area contributed by atoms with Crippen LogP contribution in [-0.4, -0.2) is 30.6 Å². The average molecular weight is 210 g/mol. The monoisotopic (exact) mass is 210 g/mol. The van der Waals surface area contributed by atoms with Crippen molar-refractivity contribution in [2.75, 3.05) is 19.6 Å². The molecule has 0 aromatic rings. The maximum Gasteiger partial charge on any atom is 0.0160 e. The van der Waals surface area contributed by atoms with Crippen molar-refractivity contribution < 1.29 is 0 Å². The smallest absolute Gasteiger partial charge is 0.0160 e. The molecule has 1 aliphatic rings. The zero-order chi connectivity index (χ0) is 11.1. The molecule has 0 heterocycles. The van der Waals surface area contributed by atoms with E-state index in [-0.39, 0.29) is 0 Å². The van der Waals surface area contributed by atoms with Crippen LogP contribution in [0, 0.1) is 5.92 Å². The number of hydrogen-bond acceptors (Lipinski definition) is 2. The summed E-state index contributed by atoms with van der Waals surface area (Å²) in [5, 5.41) is 0. The van der Waals surface area contributed by atoms with Crippen LogP contribution in [0.5, 0.6) is 0 Å². The Labute approximate surface area is 94.5 Å². The van der Waals surface area contributed by atoms with Crippen molar-refractivity contribution in [3.63, 3.8) is 0 Å². The van der Waals surface area contributed by atoms with Gasteiger partial charge in [0.05, 0.1) is 0 Å². The summed E-state index contributed by atoms with van der Waals surface area (Å²) in [6.07, 6.45) is 8.33. The minimum Gasteiger partial charge on any atom is -0.328 e. The fourth-order valence-electron chi connectivity index (χ4n) is 2.49. The highest BCUT2D eigenvalue weighted by Gasteiger charge is 2.20. The molecule has 0 spiro atoms. The van der Waals surface area contributed by atoms with E-state index in [4.69, 9.17) is 5.73 Å². The van der Waals surface area contributed by atoms with Crippen LogP contribution >= 0.6 is 0 Å². The van der Waals surface area contributed by atoms with Crippen LogP contribution in [0.1, 0.15) is 39.0 Å². The Morgan fingerprint density at radius 2 is 2.00 bits per heavy atom. The SMILES string of the molecule is C=CCN(CCC)CC1CCC(N)CC1. The summed E-state index contributed by atoms with van der Waals surface area (Å²) in [6.45, 7) is 9.55. The number of nitrogens with zero attached hydrogens (tertiary/aromatic N) is 1. The third-order valence-electron chi connectivity index (χ3n) is 3.33. The molecule has 0 unspecified atom stereocenters. The Balaban J connectivity index is 2.27. The van der Waals surface area contributed by atoms with Crippen LogP contribution in [0.2, 0.25) is 0 Å². The molecular weight excluding hydrogens is 184 g/mol. The minimum absolute atomic E-state index is 0.472. The largest absolute Gasteiger partial charge is 0.328 e. The molecule has 2 N–H and O–H groups in total. The summed E-state index contributed by atoms with van der Waals surface area (Å²) in [5.41, 5.74) is 5.92. The van der Waals surface area contributed by atoms with Gasteiger partial charge in [-0.05, 0) is 44.6 Å². The summed E-state index contributed by atoms with van der Waals surface area (Å²) in [5.74, 6) is 0.872. The van der Waals surface area contributed by atoms with Crippen molar-refractivity contribution in [1.29, 1.82) is 0 Å². The Bertz CT molecular complexity index is 171. The van der Waals surface area contributed by atoms with Gasteiger partial charge in [0.2, 0.25) is 0 Å². The summed E-state index contributed by atoms with van der Waals surface area (Å²) >= 11 is 0. The van der Waals surface area contributed by atoms with Gasteiger partial charge >= 0.3 is 0 Å². The molecule has 0 amide bonds. The lowest BCUT2D eigenvalue weighted by Crippen LogP contribution is -2.35. The number of nitrogens with two attached hydrogens (primary N) is 1. The van der Waals surface area contributed by atoms with Crippen LogP contribution in [0.3, 0.4) is 0 Å². The van der Waals surface area contributed by atoms with E-state index in [9.17, 15) is 0 Å². The van der Waals surface area contributed by atoms with E-state index < -0.39 is 0 Å². The van der Waals surface area contributed by atoms with Gasteiger partial charge in [-0.2, -0.15) is 0 Å². The molecule has 1 aliphatic carbocycles. The second-order valence-electron chi connectivity index (χ2n) is 4.83. The van der Waals surface area contributed by atoms with Crippen LogP contribution in [-0.2, 0) is 0 Å². The van der Waals surface area contributed by atoms with E-state index in [1.54, 1.807) is 0 Å². The van der Waals surface area contributed by atoms with E-state index in [1.165, 1.54) is 45.2 Å². The molecule has 2 nitrogen and oxygen atoms in total. The lowest BCUT2D eigenvalue weighted by Gasteiger charge is -2.31. The maximum atomic E-state index is 5.92. The first-order valence-corrected chi connectivity index (χ1v) is 6.35. The van der Waals surface area contributed by atoms with E-state index in [0.717, 1.165) is 12.5 Å². The van der Waals surface area contributed by atoms with Gasteiger partial charge < -0.3 is 5.73 Å². The van der Waals surface area contributed by atoms with E-state index in [2.05, 4.69) is 18.4 Å². The lowest BCUT2D eigenvalue weighted by molar-refractivity contribution is 0.209. The fourth-order valence-corrected chi connectivity index (χ4v) is 2.49. The summed E-state index contributed by atoms with van der Waals surface area (Å²) in [4.78, 5) is 2.52. The number of hydrogen-bond donors (Lipinski definition) is 1. The molecule has 0 aromatic carbocycles. The first-order chi connectivity index (χ1) is 7.26. The van der Waals surface area contributed by atoms with Crippen molar-refractivity contribution in [2.45, 2.75) is 45.1 Å². The molecule has 1 fully saturated rings. The molecular formula is C13H26N2.